The highest BCUT2D eigenvalue weighted by atomic mass is 16.5. The summed E-state index contributed by atoms with van der Waals surface area (Å²) in [5.41, 5.74) is 5.91. The first-order valence-electron chi connectivity index (χ1n) is 4.18. The lowest BCUT2D eigenvalue weighted by Gasteiger charge is -2.06. The van der Waals surface area contributed by atoms with Gasteiger partial charge in [0.05, 0.1) is 6.10 Å². The second-order valence-corrected chi connectivity index (χ2v) is 3.05. The van der Waals surface area contributed by atoms with Crippen LogP contribution in [0.5, 0.6) is 5.75 Å². The number of carbonyl (C=O) groups excluding carboxylic acids is 1. The number of anilines is 1. The first-order valence-corrected chi connectivity index (χ1v) is 4.18. The summed E-state index contributed by atoms with van der Waals surface area (Å²) < 4.78 is 5.45. The molecule has 1 fully saturated rings. The standard InChI is InChI=1S/C9H10N2O2/c10-9-8(13-7-2-3-7)4-1-6(5-12)11-9/h1,4-5,7H,2-3H2,(H2,10,11). The monoisotopic (exact) mass is 178 g/mol. The Morgan fingerprint density at radius 3 is 2.85 bits per heavy atom. The van der Waals surface area contributed by atoms with Crippen LogP contribution < -0.4 is 10.5 Å². The average Bonchev–Trinajstić information content (AvgIpc) is 2.92. The second-order valence-electron chi connectivity index (χ2n) is 3.05. The molecule has 1 aliphatic carbocycles. The number of hydrogen-bond donors (Lipinski definition) is 1. The molecule has 2 N–H and O–H groups in total. The Labute approximate surface area is 75.7 Å². The topological polar surface area (TPSA) is 65.2 Å². The highest BCUT2D eigenvalue weighted by Crippen LogP contribution is 2.29. The van der Waals surface area contributed by atoms with Gasteiger partial charge in [0.1, 0.15) is 5.69 Å². The zero-order chi connectivity index (χ0) is 9.26. The van der Waals surface area contributed by atoms with Gasteiger partial charge in [-0.2, -0.15) is 0 Å². The Balaban J connectivity index is 2.20. The second kappa shape index (κ2) is 3.05. The van der Waals surface area contributed by atoms with E-state index in [9.17, 15) is 4.79 Å². The van der Waals surface area contributed by atoms with Gasteiger partial charge in [-0.15, -0.1) is 0 Å². The largest absolute Gasteiger partial charge is 0.487 e. The van der Waals surface area contributed by atoms with E-state index in [2.05, 4.69) is 4.98 Å². The molecule has 1 aromatic heterocycles. The van der Waals surface area contributed by atoms with Crippen molar-refractivity contribution in [2.24, 2.45) is 0 Å². The van der Waals surface area contributed by atoms with Crippen LogP contribution in [0.15, 0.2) is 12.1 Å². The van der Waals surface area contributed by atoms with Crippen molar-refractivity contribution < 1.29 is 9.53 Å². The maximum atomic E-state index is 10.3. The summed E-state index contributed by atoms with van der Waals surface area (Å²) in [5, 5.41) is 0. The minimum absolute atomic E-state index is 0.288. The first-order chi connectivity index (χ1) is 6.29. The summed E-state index contributed by atoms with van der Waals surface area (Å²) in [7, 11) is 0. The number of nitrogen functional groups attached to an aromatic ring is 1. The van der Waals surface area contributed by atoms with Crippen LogP contribution in [0.4, 0.5) is 5.82 Å². The zero-order valence-corrected chi connectivity index (χ0v) is 7.06. The van der Waals surface area contributed by atoms with Crippen LogP contribution in [0.1, 0.15) is 23.3 Å². The zero-order valence-electron chi connectivity index (χ0n) is 7.06. The molecule has 13 heavy (non-hydrogen) atoms. The van der Waals surface area contributed by atoms with Crippen molar-refractivity contribution in [1.82, 2.24) is 4.98 Å². The molecule has 1 aromatic rings. The number of aldehydes is 1. The molecular weight excluding hydrogens is 168 g/mol. The molecule has 0 aromatic carbocycles. The third-order valence-corrected chi connectivity index (χ3v) is 1.85. The number of rotatable bonds is 3. The highest BCUT2D eigenvalue weighted by molar-refractivity contribution is 5.73. The number of nitrogens with zero attached hydrogens (tertiary/aromatic N) is 1. The average molecular weight is 178 g/mol. The molecular formula is C9H10N2O2. The van der Waals surface area contributed by atoms with E-state index in [0.29, 0.717) is 23.8 Å². The van der Waals surface area contributed by atoms with Crippen molar-refractivity contribution in [3.8, 4) is 5.75 Å². The van der Waals surface area contributed by atoms with E-state index in [4.69, 9.17) is 10.5 Å². The molecule has 0 saturated heterocycles. The van der Waals surface area contributed by atoms with Crippen molar-refractivity contribution in [2.75, 3.05) is 5.73 Å². The van der Waals surface area contributed by atoms with Crippen LogP contribution in [-0.4, -0.2) is 17.4 Å². The maximum absolute atomic E-state index is 10.3. The van der Waals surface area contributed by atoms with Gasteiger partial charge < -0.3 is 10.5 Å². The Bertz CT molecular complexity index is 334. The number of ether oxygens (including phenoxy) is 1. The van der Waals surface area contributed by atoms with Crippen molar-refractivity contribution in [2.45, 2.75) is 18.9 Å². The van der Waals surface area contributed by atoms with Gasteiger partial charge in [0.2, 0.25) is 0 Å². The van der Waals surface area contributed by atoms with Gasteiger partial charge in [-0.25, -0.2) is 4.98 Å². The van der Waals surface area contributed by atoms with Crippen LogP contribution in [0.3, 0.4) is 0 Å². The molecule has 0 radical (unpaired) electrons. The van der Waals surface area contributed by atoms with Gasteiger partial charge in [0.15, 0.2) is 17.9 Å². The van der Waals surface area contributed by atoms with Crippen LogP contribution >= 0.6 is 0 Å². The van der Waals surface area contributed by atoms with Gasteiger partial charge in [0.25, 0.3) is 0 Å². The lowest BCUT2D eigenvalue weighted by atomic mass is 10.3. The van der Waals surface area contributed by atoms with Gasteiger partial charge >= 0.3 is 0 Å². The minimum Gasteiger partial charge on any atom is -0.487 e. The summed E-state index contributed by atoms with van der Waals surface area (Å²) in [6, 6.07) is 3.28. The fourth-order valence-corrected chi connectivity index (χ4v) is 1.01. The van der Waals surface area contributed by atoms with Crippen LogP contribution in [-0.2, 0) is 0 Å². The van der Waals surface area contributed by atoms with E-state index in [1.54, 1.807) is 12.1 Å². The van der Waals surface area contributed by atoms with Crippen molar-refractivity contribution in [3.63, 3.8) is 0 Å². The normalized spacial score (nSPS) is 15.4. The molecule has 1 saturated carbocycles. The summed E-state index contributed by atoms with van der Waals surface area (Å²) in [6.07, 6.45) is 3.12. The molecule has 1 heterocycles. The van der Waals surface area contributed by atoms with Crippen molar-refractivity contribution in [1.29, 1.82) is 0 Å². The molecule has 4 heteroatoms. The first kappa shape index (κ1) is 8.04. The number of carbonyl (C=O) groups is 1. The number of nitrogens with two attached hydrogens (primary N) is 1. The van der Waals surface area contributed by atoms with Crippen LogP contribution in [0, 0.1) is 0 Å². The maximum Gasteiger partial charge on any atom is 0.168 e. The SMILES string of the molecule is Nc1nc(C=O)ccc1OC1CC1. The quantitative estimate of drug-likeness (QED) is 0.702. The van der Waals surface area contributed by atoms with Crippen molar-refractivity contribution in [3.05, 3.63) is 17.8 Å². The van der Waals surface area contributed by atoms with E-state index in [0.717, 1.165) is 12.8 Å². The van der Waals surface area contributed by atoms with Gasteiger partial charge in [-0.3, -0.25) is 4.79 Å². The molecule has 0 atom stereocenters. The smallest absolute Gasteiger partial charge is 0.168 e. The summed E-state index contributed by atoms with van der Waals surface area (Å²) in [6.45, 7) is 0. The van der Waals surface area contributed by atoms with Gasteiger partial charge in [-0.1, -0.05) is 0 Å². The molecule has 68 valence electrons. The minimum atomic E-state index is 0.288. The summed E-state index contributed by atoms with van der Waals surface area (Å²) in [4.78, 5) is 14.2. The van der Waals surface area contributed by atoms with E-state index in [-0.39, 0.29) is 5.82 Å². The van der Waals surface area contributed by atoms with Gasteiger partial charge in [0, 0.05) is 0 Å². The Morgan fingerprint density at radius 2 is 2.31 bits per heavy atom. The van der Waals surface area contributed by atoms with E-state index < -0.39 is 0 Å². The Morgan fingerprint density at radius 1 is 1.54 bits per heavy atom. The number of pyridine rings is 1. The number of aromatic nitrogens is 1. The summed E-state index contributed by atoms with van der Waals surface area (Å²) >= 11 is 0. The van der Waals surface area contributed by atoms with Crippen LogP contribution in [0.25, 0.3) is 0 Å². The fourth-order valence-electron chi connectivity index (χ4n) is 1.01. The number of hydrogen-bond acceptors (Lipinski definition) is 4. The van der Waals surface area contributed by atoms with Crippen molar-refractivity contribution >= 4 is 12.1 Å². The van der Waals surface area contributed by atoms with E-state index in [1.807, 2.05) is 0 Å². The molecule has 2 rings (SSSR count). The molecule has 0 bridgehead atoms. The van der Waals surface area contributed by atoms with Gasteiger partial charge in [-0.05, 0) is 25.0 Å². The Kier molecular flexibility index (Phi) is 1.88. The van der Waals surface area contributed by atoms with Crippen LogP contribution in [0.2, 0.25) is 0 Å². The van der Waals surface area contributed by atoms with E-state index >= 15 is 0 Å². The molecule has 0 unspecified atom stereocenters. The predicted molar refractivity (Wildman–Crippen MR) is 47.7 cm³/mol. The molecule has 0 spiro atoms. The third kappa shape index (κ3) is 1.77. The fraction of sp³-hybridized carbons (Fsp3) is 0.333. The highest BCUT2D eigenvalue weighted by Gasteiger charge is 2.24. The summed E-state index contributed by atoms with van der Waals surface area (Å²) in [5.74, 6) is 0.865. The molecule has 0 aliphatic heterocycles. The Hall–Kier alpha value is -1.58. The lowest BCUT2D eigenvalue weighted by molar-refractivity contribution is 0.111. The molecule has 0 amide bonds. The lowest BCUT2D eigenvalue weighted by Crippen LogP contribution is -2.02. The third-order valence-electron chi connectivity index (χ3n) is 1.85. The predicted octanol–water partition coefficient (Wildman–Crippen LogP) is 1.02. The molecule has 4 nitrogen and oxygen atoms in total. The van der Waals surface area contributed by atoms with E-state index in [1.165, 1.54) is 0 Å². The molecule has 1 aliphatic rings.